The van der Waals surface area contributed by atoms with Crippen molar-refractivity contribution >= 4 is 44.8 Å². The molecule has 6 heteroatoms. The molecule has 0 aromatic heterocycles. The number of halogens is 2. The van der Waals surface area contributed by atoms with Crippen LogP contribution in [0.15, 0.2) is 40.9 Å². The monoisotopic (exact) mass is 354 g/mol. The molecule has 0 unspecified atom stereocenters. The van der Waals surface area contributed by atoms with Crippen LogP contribution in [0.5, 0.6) is 5.75 Å². The summed E-state index contributed by atoms with van der Waals surface area (Å²) in [5, 5.41) is 3.11. The average molecular weight is 356 g/mol. The minimum Gasteiger partial charge on any atom is -0.496 e. The summed E-state index contributed by atoms with van der Waals surface area (Å²) >= 11 is 9.25. The van der Waals surface area contributed by atoms with E-state index in [2.05, 4.69) is 21.2 Å². The maximum Gasteiger partial charge on any atom is 0.257 e. The van der Waals surface area contributed by atoms with Gasteiger partial charge < -0.3 is 15.8 Å². The molecule has 2 rings (SSSR count). The highest BCUT2D eigenvalue weighted by molar-refractivity contribution is 9.10. The molecule has 0 spiro atoms. The van der Waals surface area contributed by atoms with Gasteiger partial charge >= 0.3 is 0 Å². The predicted molar refractivity (Wildman–Crippen MR) is 84.5 cm³/mol. The van der Waals surface area contributed by atoms with Crippen LogP contribution in [0.1, 0.15) is 10.4 Å². The Morgan fingerprint density at radius 2 is 2.10 bits per heavy atom. The molecule has 0 aliphatic carbocycles. The van der Waals surface area contributed by atoms with Crippen LogP contribution in [0.4, 0.5) is 11.4 Å². The summed E-state index contributed by atoms with van der Waals surface area (Å²) in [5.41, 5.74) is 7.02. The molecule has 104 valence electrons. The zero-order chi connectivity index (χ0) is 14.7. The molecule has 3 N–H and O–H groups in total. The van der Waals surface area contributed by atoms with Gasteiger partial charge in [-0.2, -0.15) is 0 Å². The zero-order valence-electron chi connectivity index (χ0n) is 10.6. The van der Waals surface area contributed by atoms with E-state index in [9.17, 15) is 4.79 Å². The third kappa shape index (κ3) is 3.05. The highest BCUT2D eigenvalue weighted by Gasteiger charge is 2.12. The van der Waals surface area contributed by atoms with Crippen molar-refractivity contribution in [1.29, 1.82) is 0 Å². The predicted octanol–water partition coefficient (Wildman–Crippen LogP) is 3.95. The van der Waals surface area contributed by atoms with E-state index in [1.54, 1.807) is 43.5 Å². The maximum absolute atomic E-state index is 12.2. The normalized spacial score (nSPS) is 10.2. The van der Waals surface area contributed by atoms with E-state index in [0.29, 0.717) is 22.0 Å². The molecule has 0 heterocycles. The maximum atomic E-state index is 12.2. The van der Waals surface area contributed by atoms with Gasteiger partial charge in [0.2, 0.25) is 0 Å². The Morgan fingerprint density at radius 3 is 2.75 bits per heavy atom. The molecule has 1 amide bonds. The zero-order valence-corrected chi connectivity index (χ0v) is 13.0. The molecule has 0 saturated carbocycles. The van der Waals surface area contributed by atoms with Gasteiger partial charge in [-0.3, -0.25) is 4.79 Å². The summed E-state index contributed by atoms with van der Waals surface area (Å²) in [6, 6.07) is 10.2. The lowest BCUT2D eigenvalue weighted by Crippen LogP contribution is -2.14. The van der Waals surface area contributed by atoms with Crippen LogP contribution in [-0.4, -0.2) is 13.0 Å². The standard InChI is InChI=1S/C14H12BrClN2O2/c1-20-12-6-5-8(7-10(12)15)18-14(19)9-3-2-4-11(16)13(9)17/h2-7H,17H2,1H3,(H,18,19). The minimum absolute atomic E-state index is 0.263. The van der Waals surface area contributed by atoms with Crippen molar-refractivity contribution in [3.05, 3.63) is 51.5 Å². The molecule has 20 heavy (non-hydrogen) atoms. The van der Waals surface area contributed by atoms with Crippen LogP contribution in [0.25, 0.3) is 0 Å². The highest BCUT2D eigenvalue weighted by Crippen LogP contribution is 2.28. The van der Waals surface area contributed by atoms with E-state index in [0.717, 1.165) is 4.47 Å². The number of hydrogen-bond acceptors (Lipinski definition) is 3. The van der Waals surface area contributed by atoms with Gasteiger partial charge in [-0.15, -0.1) is 0 Å². The molecule has 0 atom stereocenters. The number of rotatable bonds is 3. The molecule has 2 aromatic rings. The molecule has 0 bridgehead atoms. The smallest absolute Gasteiger partial charge is 0.257 e. The summed E-state index contributed by atoms with van der Waals surface area (Å²) in [5.74, 6) is 0.368. The number of benzene rings is 2. The summed E-state index contributed by atoms with van der Waals surface area (Å²) in [4.78, 5) is 12.2. The van der Waals surface area contributed by atoms with Crippen molar-refractivity contribution in [1.82, 2.24) is 0 Å². The number of nitrogen functional groups attached to an aromatic ring is 1. The van der Waals surface area contributed by atoms with Gasteiger partial charge in [0.15, 0.2) is 0 Å². The third-order valence-electron chi connectivity index (χ3n) is 2.71. The van der Waals surface area contributed by atoms with Crippen LogP contribution in [-0.2, 0) is 0 Å². The quantitative estimate of drug-likeness (QED) is 0.820. The van der Waals surface area contributed by atoms with Gasteiger partial charge in [-0.1, -0.05) is 17.7 Å². The second-order valence-corrected chi connectivity index (χ2v) is 5.27. The lowest BCUT2D eigenvalue weighted by Gasteiger charge is -2.10. The molecule has 0 aliphatic rings. The lowest BCUT2D eigenvalue weighted by molar-refractivity contribution is 0.102. The second-order valence-electron chi connectivity index (χ2n) is 4.00. The van der Waals surface area contributed by atoms with Crippen LogP contribution >= 0.6 is 27.5 Å². The molecule has 0 radical (unpaired) electrons. The number of hydrogen-bond donors (Lipinski definition) is 2. The molecule has 2 aromatic carbocycles. The van der Waals surface area contributed by atoms with Crippen molar-refractivity contribution in [2.75, 3.05) is 18.2 Å². The molecule has 0 fully saturated rings. The molecule has 0 saturated heterocycles. The number of ether oxygens (including phenoxy) is 1. The van der Waals surface area contributed by atoms with Gasteiger partial charge in [0.1, 0.15) is 5.75 Å². The first-order valence-corrected chi connectivity index (χ1v) is 6.89. The summed E-state index contributed by atoms with van der Waals surface area (Å²) in [6.45, 7) is 0. The van der Waals surface area contributed by atoms with Crippen LogP contribution in [0, 0.1) is 0 Å². The van der Waals surface area contributed by atoms with Gasteiger partial charge in [-0.05, 0) is 46.3 Å². The Bertz CT molecular complexity index is 662. The number of para-hydroxylation sites is 1. The second kappa shape index (κ2) is 6.15. The first-order chi connectivity index (χ1) is 9.52. The van der Waals surface area contributed by atoms with Crippen molar-refractivity contribution in [2.24, 2.45) is 0 Å². The average Bonchev–Trinajstić information content (AvgIpc) is 2.42. The minimum atomic E-state index is -0.318. The molecule has 4 nitrogen and oxygen atoms in total. The highest BCUT2D eigenvalue weighted by atomic mass is 79.9. The topological polar surface area (TPSA) is 64.3 Å². The van der Waals surface area contributed by atoms with E-state index in [4.69, 9.17) is 22.1 Å². The third-order valence-corrected chi connectivity index (χ3v) is 3.66. The summed E-state index contributed by atoms with van der Waals surface area (Å²) in [6.07, 6.45) is 0. The van der Waals surface area contributed by atoms with Crippen LogP contribution in [0.2, 0.25) is 5.02 Å². The largest absolute Gasteiger partial charge is 0.496 e. The van der Waals surface area contributed by atoms with Crippen molar-refractivity contribution < 1.29 is 9.53 Å². The lowest BCUT2D eigenvalue weighted by atomic mass is 10.1. The van der Waals surface area contributed by atoms with E-state index in [1.165, 1.54) is 0 Å². The Balaban J connectivity index is 2.24. The first kappa shape index (κ1) is 14.7. The Kier molecular flexibility index (Phi) is 4.52. The molecule has 0 aliphatic heterocycles. The van der Waals surface area contributed by atoms with Crippen LogP contribution < -0.4 is 15.8 Å². The fraction of sp³-hybridized carbons (Fsp3) is 0.0714. The Hall–Kier alpha value is -1.72. The summed E-state index contributed by atoms with van der Waals surface area (Å²) < 4.78 is 5.87. The van der Waals surface area contributed by atoms with E-state index in [1.807, 2.05) is 0 Å². The molecular weight excluding hydrogens is 344 g/mol. The number of carbonyl (C=O) groups excluding carboxylic acids is 1. The van der Waals surface area contributed by atoms with E-state index in [-0.39, 0.29) is 11.6 Å². The van der Waals surface area contributed by atoms with Gasteiger partial charge in [0.05, 0.1) is 27.9 Å². The number of carbonyl (C=O) groups is 1. The van der Waals surface area contributed by atoms with Crippen molar-refractivity contribution in [3.8, 4) is 5.75 Å². The van der Waals surface area contributed by atoms with Crippen LogP contribution in [0.3, 0.4) is 0 Å². The Labute approximate surface area is 130 Å². The number of methoxy groups -OCH3 is 1. The molecular formula is C14H12BrClN2O2. The van der Waals surface area contributed by atoms with Gasteiger partial charge in [0.25, 0.3) is 5.91 Å². The van der Waals surface area contributed by atoms with Gasteiger partial charge in [0, 0.05) is 5.69 Å². The Morgan fingerprint density at radius 1 is 1.35 bits per heavy atom. The summed E-state index contributed by atoms with van der Waals surface area (Å²) in [7, 11) is 1.57. The van der Waals surface area contributed by atoms with E-state index < -0.39 is 0 Å². The van der Waals surface area contributed by atoms with Crippen molar-refractivity contribution in [3.63, 3.8) is 0 Å². The number of nitrogens with one attached hydrogen (secondary N) is 1. The van der Waals surface area contributed by atoms with Crippen molar-refractivity contribution in [2.45, 2.75) is 0 Å². The van der Waals surface area contributed by atoms with E-state index >= 15 is 0 Å². The van der Waals surface area contributed by atoms with Gasteiger partial charge in [-0.25, -0.2) is 0 Å². The fourth-order valence-corrected chi connectivity index (χ4v) is 2.39. The number of nitrogens with two attached hydrogens (primary N) is 1. The number of amides is 1. The SMILES string of the molecule is COc1ccc(NC(=O)c2cccc(Cl)c2N)cc1Br. The first-order valence-electron chi connectivity index (χ1n) is 5.72. The fourth-order valence-electron chi connectivity index (χ4n) is 1.68. The number of anilines is 2.